The minimum atomic E-state index is -1.83. The van der Waals surface area contributed by atoms with E-state index in [9.17, 15) is 24.0 Å². The van der Waals surface area contributed by atoms with Crippen molar-refractivity contribution in [2.24, 2.45) is 5.41 Å². The number of ketones is 1. The van der Waals surface area contributed by atoms with Crippen LogP contribution in [0.15, 0.2) is 48.5 Å². The number of urea groups is 1. The van der Waals surface area contributed by atoms with E-state index >= 15 is 0 Å². The summed E-state index contributed by atoms with van der Waals surface area (Å²) in [6, 6.07) is 10.6. The molecule has 0 aromatic heterocycles. The first-order valence-corrected chi connectivity index (χ1v) is 17.9. The second kappa shape index (κ2) is 19.4. The van der Waals surface area contributed by atoms with Crippen LogP contribution in [-0.2, 0) is 30.4 Å². The van der Waals surface area contributed by atoms with E-state index in [2.05, 4.69) is 12.2 Å². The van der Waals surface area contributed by atoms with Gasteiger partial charge in [0.15, 0.2) is 11.8 Å². The Kier molecular flexibility index (Phi) is 15.7. The Balaban J connectivity index is 1.70. The molecule has 1 aliphatic rings. The van der Waals surface area contributed by atoms with Crippen LogP contribution in [0.5, 0.6) is 0 Å². The summed E-state index contributed by atoms with van der Waals surface area (Å²) >= 11 is 6.41. The first-order chi connectivity index (χ1) is 23.4. The minimum Gasteiger partial charge on any atom is -0.462 e. The molecular formula is C38H52ClN3O7. The number of nitrogens with zero attached hydrogens (tertiary/aromatic N) is 2. The van der Waals surface area contributed by atoms with Crippen molar-refractivity contribution < 1.29 is 33.4 Å². The number of carbonyl (C=O) groups excluding carboxylic acids is 5. The van der Waals surface area contributed by atoms with E-state index in [4.69, 9.17) is 21.1 Å². The third-order valence-electron chi connectivity index (χ3n) is 8.39. The number of hydrogen-bond donors (Lipinski definition) is 1. The number of esters is 1. The number of imide groups is 1. The zero-order valence-corrected chi connectivity index (χ0v) is 30.4. The molecule has 0 bridgehead atoms. The number of nitrogens with one attached hydrogen (secondary N) is 1. The maximum Gasteiger partial charge on any atom is 0.338 e. The standard InChI is InChI=1S/C38H52ClN3O7/c1-6-8-9-10-11-12-13-14-15-19-24-49-36(46)28-22-23-29(39)30(25-28)40-33(44)31(32(43)38(3,4)5)42-34(45)35(48-7-2)41(37(42)47)26-27-20-17-16-18-21-27/h16-18,20-23,25,31,35H,6-15,19,24,26H2,1-5H3,(H,40,44). The Morgan fingerprint density at radius 1 is 0.878 bits per heavy atom. The van der Waals surface area contributed by atoms with E-state index in [1.165, 1.54) is 68.0 Å². The summed E-state index contributed by atoms with van der Waals surface area (Å²) in [5.41, 5.74) is -0.180. The molecule has 3 rings (SSSR count). The molecule has 4 amide bonds. The largest absolute Gasteiger partial charge is 0.462 e. The van der Waals surface area contributed by atoms with Crippen LogP contribution in [0, 0.1) is 5.41 Å². The van der Waals surface area contributed by atoms with Crippen LogP contribution >= 0.6 is 11.6 Å². The van der Waals surface area contributed by atoms with Crippen LogP contribution in [0.25, 0.3) is 0 Å². The molecule has 49 heavy (non-hydrogen) atoms. The third-order valence-corrected chi connectivity index (χ3v) is 8.72. The summed E-state index contributed by atoms with van der Waals surface area (Å²) in [7, 11) is 0. The molecule has 1 fully saturated rings. The zero-order chi connectivity index (χ0) is 36.0. The molecule has 0 radical (unpaired) electrons. The molecule has 2 atom stereocenters. The number of benzene rings is 2. The fourth-order valence-corrected chi connectivity index (χ4v) is 5.79. The number of ether oxygens (including phenoxy) is 2. The molecule has 10 nitrogen and oxygen atoms in total. The minimum absolute atomic E-state index is 0.0275. The van der Waals surface area contributed by atoms with Gasteiger partial charge in [-0.15, -0.1) is 0 Å². The lowest BCUT2D eigenvalue weighted by molar-refractivity contribution is -0.149. The number of amides is 4. The SMILES string of the molecule is CCCCCCCCCCCCOC(=O)c1ccc(Cl)c(NC(=O)C(C(=O)C(C)(C)C)N2C(=O)C(OCC)N(Cc3ccccc3)C2=O)c1. The van der Waals surface area contributed by atoms with Gasteiger partial charge in [0.1, 0.15) is 0 Å². The highest BCUT2D eigenvalue weighted by atomic mass is 35.5. The molecule has 0 spiro atoms. The van der Waals surface area contributed by atoms with E-state index in [0.717, 1.165) is 24.8 Å². The highest BCUT2D eigenvalue weighted by molar-refractivity contribution is 6.34. The molecule has 1 heterocycles. The Morgan fingerprint density at radius 2 is 1.49 bits per heavy atom. The molecule has 1 saturated heterocycles. The Morgan fingerprint density at radius 3 is 2.08 bits per heavy atom. The number of hydrogen-bond acceptors (Lipinski definition) is 7. The van der Waals surface area contributed by atoms with Gasteiger partial charge in [-0.1, -0.05) is 127 Å². The second-order valence-corrected chi connectivity index (χ2v) is 13.8. The van der Waals surface area contributed by atoms with Crippen molar-refractivity contribution in [1.29, 1.82) is 0 Å². The molecule has 2 aromatic carbocycles. The van der Waals surface area contributed by atoms with Gasteiger partial charge >= 0.3 is 12.0 Å². The molecular weight excluding hydrogens is 646 g/mol. The fourth-order valence-electron chi connectivity index (χ4n) is 5.62. The quantitative estimate of drug-likeness (QED) is 0.0641. The number of halogens is 1. The van der Waals surface area contributed by atoms with Gasteiger partial charge in [-0.2, -0.15) is 0 Å². The van der Waals surface area contributed by atoms with Crippen molar-refractivity contribution in [2.45, 2.75) is 118 Å². The lowest BCUT2D eigenvalue weighted by Crippen LogP contribution is -2.55. The number of Topliss-reactive ketones (excluding diaryl/α,β-unsaturated/α-hetero) is 1. The van der Waals surface area contributed by atoms with Crippen molar-refractivity contribution in [2.75, 3.05) is 18.5 Å². The van der Waals surface area contributed by atoms with Gasteiger partial charge in [0.25, 0.3) is 11.8 Å². The average molecular weight is 698 g/mol. The van der Waals surface area contributed by atoms with E-state index in [0.29, 0.717) is 4.90 Å². The van der Waals surface area contributed by atoms with Crippen LogP contribution < -0.4 is 5.32 Å². The van der Waals surface area contributed by atoms with Gasteiger partial charge in [-0.05, 0) is 37.1 Å². The Bertz CT molecular complexity index is 1430. The second-order valence-electron chi connectivity index (χ2n) is 13.4. The number of rotatable bonds is 20. The Labute approximate surface area is 295 Å². The maximum atomic E-state index is 13.9. The summed E-state index contributed by atoms with van der Waals surface area (Å²) in [5.74, 6) is -3.01. The van der Waals surface area contributed by atoms with E-state index < -0.39 is 47.3 Å². The number of unbranched alkanes of at least 4 members (excludes halogenated alkanes) is 9. The summed E-state index contributed by atoms with van der Waals surface area (Å²) in [4.78, 5) is 70.0. The maximum absolute atomic E-state index is 13.9. The predicted octanol–water partition coefficient (Wildman–Crippen LogP) is 8.17. The lowest BCUT2D eigenvalue weighted by atomic mass is 9.85. The average Bonchev–Trinajstić information content (AvgIpc) is 3.28. The summed E-state index contributed by atoms with van der Waals surface area (Å²) in [5, 5.41) is 2.69. The van der Waals surface area contributed by atoms with Crippen molar-refractivity contribution in [3.8, 4) is 0 Å². The van der Waals surface area contributed by atoms with Gasteiger partial charge in [0.2, 0.25) is 6.23 Å². The van der Waals surface area contributed by atoms with Crippen LogP contribution in [0.4, 0.5) is 10.5 Å². The van der Waals surface area contributed by atoms with Crippen LogP contribution in [0.1, 0.15) is 115 Å². The topological polar surface area (TPSA) is 122 Å². The first-order valence-electron chi connectivity index (χ1n) is 17.5. The molecule has 2 aromatic rings. The monoisotopic (exact) mass is 697 g/mol. The summed E-state index contributed by atoms with van der Waals surface area (Å²) < 4.78 is 11.1. The number of anilines is 1. The van der Waals surface area contributed by atoms with Gasteiger partial charge in [-0.25, -0.2) is 14.5 Å². The van der Waals surface area contributed by atoms with Crippen molar-refractivity contribution >= 4 is 46.9 Å². The molecule has 1 aliphatic heterocycles. The molecule has 0 saturated carbocycles. The van der Waals surface area contributed by atoms with Gasteiger partial charge < -0.3 is 14.8 Å². The fraction of sp³-hybridized carbons (Fsp3) is 0.553. The summed E-state index contributed by atoms with van der Waals surface area (Å²) in [6.07, 6.45) is 10.3. The smallest absolute Gasteiger partial charge is 0.338 e. The highest BCUT2D eigenvalue weighted by Crippen LogP contribution is 2.30. The van der Waals surface area contributed by atoms with Crippen molar-refractivity contribution in [3.05, 3.63) is 64.7 Å². The Hall–Kier alpha value is -3.76. The van der Waals surface area contributed by atoms with E-state index in [1.807, 2.05) is 6.07 Å². The van der Waals surface area contributed by atoms with Crippen LogP contribution in [-0.4, -0.2) is 64.9 Å². The van der Waals surface area contributed by atoms with Gasteiger partial charge in [0, 0.05) is 12.0 Å². The highest BCUT2D eigenvalue weighted by Gasteiger charge is 2.54. The molecule has 268 valence electrons. The zero-order valence-electron chi connectivity index (χ0n) is 29.6. The first kappa shape index (κ1) is 39.7. The predicted molar refractivity (Wildman–Crippen MR) is 190 cm³/mol. The lowest BCUT2D eigenvalue weighted by Gasteiger charge is -2.29. The van der Waals surface area contributed by atoms with Crippen molar-refractivity contribution in [1.82, 2.24) is 9.80 Å². The molecule has 2 unspecified atom stereocenters. The van der Waals surface area contributed by atoms with E-state index in [-0.39, 0.29) is 36.0 Å². The summed E-state index contributed by atoms with van der Waals surface area (Å²) in [6.45, 7) is 9.10. The van der Waals surface area contributed by atoms with Crippen LogP contribution in [0.2, 0.25) is 5.02 Å². The van der Waals surface area contributed by atoms with Crippen LogP contribution in [0.3, 0.4) is 0 Å². The third kappa shape index (κ3) is 11.4. The molecule has 11 heteroatoms. The van der Waals surface area contributed by atoms with Gasteiger partial charge in [-0.3, -0.25) is 19.3 Å². The van der Waals surface area contributed by atoms with Crippen molar-refractivity contribution in [3.63, 3.8) is 0 Å². The molecule has 0 aliphatic carbocycles. The molecule has 1 N–H and O–H groups in total. The normalized spacial score (nSPS) is 15.4. The van der Waals surface area contributed by atoms with E-state index in [1.54, 1.807) is 52.0 Å². The number of carbonyl (C=O) groups is 5. The van der Waals surface area contributed by atoms with Gasteiger partial charge in [0.05, 0.1) is 29.4 Å².